The Balaban J connectivity index is 2.28. The number of amides is 2. The minimum atomic E-state index is -0.431. The summed E-state index contributed by atoms with van der Waals surface area (Å²) in [6.07, 6.45) is 2.12. The Hall–Kier alpha value is -0.810. The fraction of sp³-hybridized carbons (Fsp3) is 0.875. The van der Waals surface area contributed by atoms with Crippen molar-refractivity contribution in [1.29, 1.82) is 0 Å². The smallest absolute Gasteiger partial charge is 0.312 e. The van der Waals surface area contributed by atoms with E-state index in [1.54, 1.807) is 0 Å². The average molecular weight is 186 g/mol. The van der Waals surface area contributed by atoms with Crippen LogP contribution in [0.25, 0.3) is 0 Å². The predicted molar refractivity (Wildman–Crippen MR) is 51.2 cm³/mol. The molecule has 0 aromatic heterocycles. The van der Waals surface area contributed by atoms with Gasteiger partial charge in [0.25, 0.3) is 0 Å². The zero-order chi connectivity index (χ0) is 9.68. The minimum absolute atomic E-state index is 0.206. The molecule has 5 N–H and O–H groups in total. The van der Waals surface area contributed by atoms with Crippen LogP contribution in [-0.2, 0) is 0 Å². The maximum atomic E-state index is 10.6. The number of hydrogen-bond acceptors (Lipinski definition) is 3. The van der Waals surface area contributed by atoms with Crippen molar-refractivity contribution < 1.29 is 4.79 Å². The summed E-state index contributed by atoms with van der Waals surface area (Å²) in [5.74, 6) is 0. The fourth-order valence-electron chi connectivity index (χ4n) is 1.76. The van der Waals surface area contributed by atoms with Crippen LogP contribution in [0.5, 0.6) is 0 Å². The Kier molecular flexibility index (Phi) is 3.98. The van der Waals surface area contributed by atoms with Gasteiger partial charge in [-0.05, 0) is 19.4 Å². The van der Waals surface area contributed by atoms with Crippen LogP contribution in [0.2, 0.25) is 0 Å². The molecule has 1 aliphatic heterocycles. The predicted octanol–water partition coefficient (Wildman–Crippen LogP) is -0.922. The van der Waals surface area contributed by atoms with Crippen LogP contribution >= 0.6 is 0 Å². The first-order valence-electron chi connectivity index (χ1n) is 4.70. The molecule has 1 unspecified atom stereocenters. The molecule has 1 atom stereocenters. The van der Waals surface area contributed by atoms with Gasteiger partial charge in [0.2, 0.25) is 0 Å². The number of urea groups is 1. The van der Waals surface area contributed by atoms with Crippen molar-refractivity contribution in [3.63, 3.8) is 0 Å². The minimum Gasteiger partial charge on any atom is -0.352 e. The van der Waals surface area contributed by atoms with Gasteiger partial charge in [0.1, 0.15) is 0 Å². The first-order chi connectivity index (χ1) is 6.22. The van der Waals surface area contributed by atoms with Gasteiger partial charge in [-0.25, -0.2) is 4.79 Å². The van der Waals surface area contributed by atoms with Gasteiger partial charge >= 0.3 is 6.03 Å². The van der Waals surface area contributed by atoms with E-state index in [4.69, 9.17) is 11.5 Å². The molecule has 1 heterocycles. The number of nitrogens with two attached hydrogens (primary N) is 2. The monoisotopic (exact) mass is 186 g/mol. The summed E-state index contributed by atoms with van der Waals surface area (Å²) in [7, 11) is 0. The van der Waals surface area contributed by atoms with Crippen molar-refractivity contribution in [2.75, 3.05) is 26.2 Å². The number of nitrogens with zero attached hydrogens (tertiary/aromatic N) is 1. The number of rotatable bonds is 3. The number of primary amides is 1. The topological polar surface area (TPSA) is 84.4 Å². The second-order valence-corrected chi connectivity index (χ2v) is 3.44. The molecule has 0 saturated carbocycles. The fourth-order valence-corrected chi connectivity index (χ4v) is 1.76. The zero-order valence-corrected chi connectivity index (χ0v) is 7.83. The molecule has 5 heteroatoms. The van der Waals surface area contributed by atoms with E-state index in [2.05, 4.69) is 10.2 Å². The van der Waals surface area contributed by atoms with Crippen LogP contribution in [0.1, 0.15) is 12.8 Å². The van der Waals surface area contributed by atoms with Gasteiger partial charge in [-0.1, -0.05) is 0 Å². The molecular weight excluding hydrogens is 168 g/mol. The third kappa shape index (κ3) is 3.61. The van der Waals surface area contributed by atoms with Crippen LogP contribution in [-0.4, -0.2) is 43.2 Å². The largest absolute Gasteiger partial charge is 0.352 e. The van der Waals surface area contributed by atoms with Gasteiger partial charge in [0.15, 0.2) is 0 Å². The molecule has 0 aliphatic carbocycles. The number of piperidine rings is 1. The van der Waals surface area contributed by atoms with E-state index in [9.17, 15) is 4.79 Å². The van der Waals surface area contributed by atoms with Crippen LogP contribution in [0.4, 0.5) is 4.79 Å². The standard InChI is InChI=1S/C8H18N4O/c9-3-5-12-4-1-2-7(6-12)11-8(10)13/h7H,1-6,9H2,(H3,10,11,13). The van der Waals surface area contributed by atoms with E-state index < -0.39 is 6.03 Å². The van der Waals surface area contributed by atoms with E-state index in [1.807, 2.05) is 0 Å². The molecule has 1 fully saturated rings. The van der Waals surface area contributed by atoms with E-state index in [1.165, 1.54) is 0 Å². The molecular formula is C8H18N4O. The van der Waals surface area contributed by atoms with Crippen LogP contribution in [0, 0.1) is 0 Å². The van der Waals surface area contributed by atoms with Gasteiger partial charge in [-0.15, -0.1) is 0 Å². The van der Waals surface area contributed by atoms with Gasteiger partial charge < -0.3 is 21.7 Å². The van der Waals surface area contributed by atoms with Crippen molar-refractivity contribution in [2.24, 2.45) is 11.5 Å². The molecule has 1 rings (SSSR count). The van der Waals surface area contributed by atoms with Gasteiger partial charge in [-0.3, -0.25) is 0 Å². The molecule has 1 saturated heterocycles. The van der Waals surface area contributed by atoms with Gasteiger partial charge in [-0.2, -0.15) is 0 Å². The summed E-state index contributed by atoms with van der Waals surface area (Å²) in [6.45, 7) is 3.52. The van der Waals surface area contributed by atoms with E-state index in [-0.39, 0.29) is 6.04 Å². The Labute approximate surface area is 78.4 Å². The maximum absolute atomic E-state index is 10.6. The summed E-state index contributed by atoms with van der Waals surface area (Å²) in [4.78, 5) is 12.9. The number of carbonyl (C=O) groups is 1. The lowest BCUT2D eigenvalue weighted by molar-refractivity contribution is 0.192. The summed E-state index contributed by atoms with van der Waals surface area (Å²) >= 11 is 0. The number of hydrogen-bond donors (Lipinski definition) is 3. The molecule has 0 spiro atoms. The lowest BCUT2D eigenvalue weighted by Crippen LogP contribution is -2.50. The lowest BCUT2D eigenvalue weighted by atomic mass is 10.1. The molecule has 13 heavy (non-hydrogen) atoms. The number of likely N-dealkylation sites (tertiary alicyclic amines) is 1. The zero-order valence-electron chi connectivity index (χ0n) is 7.83. The third-order valence-electron chi connectivity index (χ3n) is 2.30. The van der Waals surface area contributed by atoms with Crippen molar-refractivity contribution >= 4 is 6.03 Å². The molecule has 2 amide bonds. The first-order valence-corrected chi connectivity index (χ1v) is 4.70. The van der Waals surface area contributed by atoms with Crippen molar-refractivity contribution in [3.8, 4) is 0 Å². The molecule has 0 aromatic rings. The van der Waals surface area contributed by atoms with Gasteiger partial charge in [0, 0.05) is 25.7 Å². The molecule has 5 nitrogen and oxygen atoms in total. The molecule has 0 bridgehead atoms. The highest BCUT2D eigenvalue weighted by Crippen LogP contribution is 2.08. The van der Waals surface area contributed by atoms with E-state index in [0.29, 0.717) is 6.54 Å². The first kappa shape index (κ1) is 10.3. The maximum Gasteiger partial charge on any atom is 0.312 e. The normalized spacial score (nSPS) is 24.2. The Bertz CT molecular complexity index is 172. The molecule has 76 valence electrons. The number of nitrogens with one attached hydrogen (secondary N) is 1. The second-order valence-electron chi connectivity index (χ2n) is 3.44. The van der Waals surface area contributed by atoms with Crippen molar-refractivity contribution in [1.82, 2.24) is 10.2 Å². The molecule has 0 aromatic carbocycles. The van der Waals surface area contributed by atoms with Crippen LogP contribution in [0.3, 0.4) is 0 Å². The quantitative estimate of drug-likeness (QED) is 0.533. The summed E-state index contributed by atoms with van der Waals surface area (Å²) in [5, 5.41) is 2.73. The number of carbonyl (C=O) groups excluding carboxylic acids is 1. The highest BCUT2D eigenvalue weighted by atomic mass is 16.2. The third-order valence-corrected chi connectivity index (χ3v) is 2.30. The van der Waals surface area contributed by atoms with Crippen LogP contribution < -0.4 is 16.8 Å². The van der Waals surface area contributed by atoms with E-state index >= 15 is 0 Å². The average Bonchev–Trinajstić information content (AvgIpc) is 2.04. The Morgan fingerprint density at radius 2 is 2.38 bits per heavy atom. The Morgan fingerprint density at radius 1 is 1.62 bits per heavy atom. The SMILES string of the molecule is NCCN1CCCC(NC(N)=O)C1. The highest BCUT2D eigenvalue weighted by Gasteiger charge is 2.19. The highest BCUT2D eigenvalue weighted by molar-refractivity contribution is 5.71. The molecule has 1 aliphatic rings. The second kappa shape index (κ2) is 5.04. The summed E-state index contributed by atoms with van der Waals surface area (Å²) in [5.41, 5.74) is 10.5. The van der Waals surface area contributed by atoms with Crippen molar-refractivity contribution in [3.05, 3.63) is 0 Å². The van der Waals surface area contributed by atoms with Crippen LogP contribution in [0.15, 0.2) is 0 Å². The Morgan fingerprint density at radius 3 is 3.00 bits per heavy atom. The van der Waals surface area contributed by atoms with Gasteiger partial charge in [0.05, 0.1) is 0 Å². The summed E-state index contributed by atoms with van der Waals surface area (Å²) in [6, 6.07) is -0.225. The molecule has 0 radical (unpaired) electrons. The lowest BCUT2D eigenvalue weighted by Gasteiger charge is -2.32. The van der Waals surface area contributed by atoms with E-state index in [0.717, 1.165) is 32.5 Å². The summed E-state index contributed by atoms with van der Waals surface area (Å²) < 4.78 is 0. The van der Waals surface area contributed by atoms with Crippen molar-refractivity contribution in [2.45, 2.75) is 18.9 Å².